The van der Waals surface area contributed by atoms with Crippen molar-refractivity contribution in [2.75, 3.05) is 12.3 Å². The van der Waals surface area contributed by atoms with Crippen molar-refractivity contribution in [3.05, 3.63) is 46.7 Å². The van der Waals surface area contributed by atoms with Gasteiger partial charge in [0.1, 0.15) is 0 Å². The molecule has 0 spiro atoms. The van der Waals surface area contributed by atoms with Crippen molar-refractivity contribution in [1.29, 1.82) is 0 Å². The Hall–Kier alpha value is -2.01. The molecule has 5 nitrogen and oxygen atoms in total. The van der Waals surface area contributed by atoms with Crippen LogP contribution in [0.15, 0.2) is 30.6 Å². The molecule has 6 heteroatoms. The largest absolute Gasteiger partial charge is 0.399 e. The number of benzene rings is 1. The Morgan fingerprint density at radius 1 is 1.53 bits per heavy atom. The van der Waals surface area contributed by atoms with Gasteiger partial charge in [0.2, 0.25) is 0 Å². The molecule has 0 atom stereocenters. The lowest BCUT2D eigenvalue weighted by Gasteiger charge is -2.06. The second-order valence-electron chi connectivity index (χ2n) is 4.27. The highest BCUT2D eigenvalue weighted by Crippen LogP contribution is 2.18. The summed E-state index contributed by atoms with van der Waals surface area (Å²) >= 11 is 5.96. The minimum absolute atomic E-state index is 0.221. The predicted octanol–water partition coefficient (Wildman–Crippen LogP) is 1.63. The number of carbonyl (C=O) groups excluding carboxylic acids is 1. The molecule has 1 heterocycles. The van der Waals surface area contributed by atoms with E-state index in [-0.39, 0.29) is 5.91 Å². The van der Waals surface area contributed by atoms with Gasteiger partial charge in [-0.2, -0.15) is 5.10 Å². The molecule has 0 radical (unpaired) electrons. The van der Waals surface area contributed by atoms with Crippen molar-refractivity contribution in [3.63, 3.8) is 0 Å². The Labute approximate surface area is 116 Å². The van der Waals surface area contributed by atoms with Gasteiger partial charge in [-0.25, -0.2) is 0 Å². The maximum Gasteiger partial charge on any atom is 0.252 e. The summed E-state index contributed by atoms with van der Waals surface area (Å²) in [7, 11) is 1.86. The first-order chi connectivity index (χ1) is 9.06. The molecule has 3 N–H and O–H groups in total. The highest BCUT2D eigenvalue weighted by Gasteiger charge is 2.10. The van der Waals surface area contributed by atoms with E-state index in [0.29, 0.717) is 22.8 Å². The third-order valence-corrected chi connectivity index (χ3v) is 3.02. The number of anilines is 1. The van der Waals surface area contributed by atoms with Gasteiger partial charge in [-0.05, 0) is 30.2 Å². The summed E-state index contributed by atoms with van der Waals surface area (Å²) in [5, 5.41) is 7.27. The first kappa shape index (κ1) is 13.4. The number of aryl methyl sites for hydroxylation is 1. The second kappa shape index (κ2) is 5.75. The molecule has 2 rings (SSSR count). The number of nitrogens with two attached hydrogens (primary N) is 1. The highest BCUT2D eigenvalue weighted by molar-refractivity contribution is 6.34. The van der Waals surface area contributed by atoms with E-state index in [1.807, 2.05) is 13.2 Å². The number of halogens is 1. The minimum atomic E-state index is -0.221. The third kappa shape index (κ3) is 3.48. The fraction of sp³-hybridized carbons (Fsp3) is 0.231. The van der Waals surface area contributed by atoms with Gasteiger partial charge in [-0.3, -0.25) is 9.48 Å². The Balaban J connectivity index is 1.92. The van der Waals surface area contributed by atoms with E-state index >= 15 is 0 Å². The minimum Gasteiger partial charge on any atom is -0.399 e. The van der Waals surface area contributed by atoms with Crippen molar-refractivity contribution in [3.8, 4) is 0 Å². The molecule has 0 aliphatic carbocycles. The van der Waals surface area contributed by atoms with Crippen molar-refractivity contribution < 1.29 is 4.79 Å². The third-order valence-electron chi connectivity index (χ3n) is 2.69. The van der Waals surface area contributed by atoms with Crippen LogP contribution < -0.4 is 11.1 Å². The molecule has 1 aromatic carbocycles. The van der Waals surface area contributed by atoms with Crippen molar-refractivity contribution in [2.24, 2.45) is 7.05 Å². The standard InChI is InChI=1S/C13H15ClN4O/c1-18-8-9(7-17-18)4-5-16-13(19)11-6-10(15)2-3-12(11)14/h2-3,6-8H,4-5,15H2,1H3,(H,16,19). The SMILES string of the molecule is Cn1cc(CCNC(=O)c2cc(N)ccc2Cl)cn1. The zero-order chi connectivity index (χ0) is 13.8. The summed E-state index contributed by atoms with van der Waals surface area (Å²) in [5.41, 5.74) is 7.62. The maximum atomic E-state index is 11.9. The number of nitrogens with zero attached hydrogens (tertiary/aromatic N) is 2. The van der Waals surface area contributed by atoms with Gasteiger partial charge in [0.05, 0.1) is 16.8 Å². The first-order valence-corrected chi connectivity index (χ1v) is 6.25. The number of carbonyl (C=O) groups is 1. The summed E-state index contributed by atoms with van der Waals surface area (Å²) in [6.07, 6.45) is 4.42. The van der Waals surface area contributed by atoms with Crippen LogP contribution in [0.4, 0.5) is 5.69 Å². The average Bonchev–Trinajstić information content (AvgIpc) is 2.78. The molecule has 0 saturated heterocycles. The van der Waals surface area contributed by atoms with E-state index in [2.05, 4.69) is 10.4 Å². The molecular weight excluding hydrogens is 264 g/mol. The lowest BCUT2D eigenvalue weighted by molar-refractivity contribution is 0.0954. The fourth-order valence-electron chi connectivity index (χ4n) is 1.73. The molecule has 0 bridgehead atoms. The molecule has 19 heavy (non-hydrogen) atoms. The number of hydrogen-bond acceptors (Lipinski definition) is 3. The van der Waals surface area contributed by atoms with Crippen LogP contribution in [0.25, 0.3) is 0 Å². The average molecular weight is 279 g/mol. The number of nitrogen functional groups attached to an aromatic ring is 1. The van der Waals surface area contributed by atoms with Gasteiger partial charge in [-0.15, -0.1) is 0 Å². The number of nitrogens with one attached hydrogen (secondary N) is 1. The zero-order valence-electron chi connectivity index (χ0n) is 10.6. The maximum absolute atomic E-state index is 11.9. The van der Waals surface area contributed by atoms with Crippen LogP contribution in [0.5, 0.6) is 0 Å². The summed E-state index contributed by atoms with van der Waals surface area (Å²) in [5.74, 6) is -0.221. The Kier molecular flexibility index (Phi) is 4.06. The van der Waals surface area contributed by atoms with Gasteiger partial charge in [0.25, 0.3) is 5.91 Å². The van der Waals surface area contributed by atoms with Gasteiger partial charge >= 0.3 is 0 Å². The number of hydrogen-bond donors (Lipinski definition) is 2. The molecule has 1 amide bonds. The van der Waals surface area contributed by atoms with E-state index < -0.39 is 0 Å². The molecular formula is C13H15ClN4O. The topological polar surface area (TPSA) is 72.9 Å². The summed E-state index contributed by atoms with van der Waals surface area (Å²) in [6.45, 7) is 0.523. The highest BCUT2D eigenvalue weighted by atomic mass is 35.5. The lowest BCUT2D eigenvalue weighted by Crippen LogP contribution is -2.26. The molecule has 2 aromatic rings. The predicted molar refractivity (Wildman–Crippen MR) is 75.1 cm³/mol. The molecule has 0 unspecified atom stereocenters. The van der Waals surface area contributed by atoms with Crippen LogP contribution in [0, 0.1) is 0 Å². The number of rotatable bonds is 4. The van der Waals surface area contributed by atoms with Crippen LogP contribution >= 0.6 is 11.6 Å². The Bertz CT molecular complexity index is 594. The van der Waals surface area contributed by atoms with Gasteiger partial charge in [0.15, 0.2) is 0 Å². The molecule has 1 aromatic heterocycles. The number of amides is 1. The van der Waals surface area contributed by atoms with Gasteiger partial charge in [-0.1, -0.05) is 11.6 Å². The Morgan fingerprint density at radius 2 is 2.32 bits per heavy atom. The van der Waals surface area contributed by atoms with E-state index in [1.54, 1.807) is 29.1 Å². The summed E-state index contributed by atoms with van der Waals surface area (Å²) in [4.78, 5) is 11.9. The monoisotopic (exact) mass is 278 g/mol. The summed E-state index contributed by atoms with van der Waals surface area (Å²) in [6, 6.07) is 4.85. The van der Waals surface area contributed by atoms with Crippen LogP contribution in [0.2, 0.25) is 5.02 Å². The van der Waals surface area contributed by atoms with E-state index in [9.17, 15) is 4.79 Å². The van der Waals surface area contributed by atoms with E-state index in [1.165, 1.54) is 0 Å². The zero-order valence-corrected chi connectivity index (χ0v) is 11.3. The van der Waals surface area contributed by atoms with Crippen LogP contribution in [0.1, 0.15) is 15.9 Å². The van der Waals surface area contributed by atoms with Crippen LogP contribution in [-0.4, -0.2) is 22.2 Å². The van der Waals surface area contributed by atoms with Crippen molar-refractivity contribution in [2.45, 2.75) is 6.42 Å². The van der Waals surface area contributed by atoms with Crippen molar-refractivity contribution >= 4 is 23.2 Å². The second-order valence-corrected chi connectivity index (χ2v) is 4.67. The normalized spacial score (nSPS) is 10.4. The van der Waals surface area contributed by atoms with E-state index in [4.69, 9.17) is 17.3 Å². The van der Waals surface area contributed by atoms with Gasteiger partial charge < -0.3 is 11.1 Å². The molecule has 0 aliphatic heterocycles. The quantitative estimate of drug-likeness (QED) is 0.835. The Morgan fingerprint density at radius 3 is 3.00 bits per heavy atom. The van der Waals surface area contributed by atoms with E-state index in [0.717, 1.165) is 12.0 Å². The molecule has 0 aliphatic rings. The summed E-state index contributed by atoms with van der Waals surface area (Å²) < 4.78 is 1.73. The van der Waals surface area contributed by atoms with Crippen LogP contribution in [-0.2, 0) is 13.5 Å². The van der Waals surface area contributed by atoms with Gasteiger partial charge in [0, 0.05) is 25.5 Å². The smallest absolute Gasteiger partial charge is 0.252 e. The van der Waals surface area contributed by atoms with Crippen LogP contribution in [0.3, 0.4) is 0 Å². The molecule has 100 valence electrons. The fourth-order valence-corrected chi connectivity index (χ4v) is 1.94. The first-order valence-electron chi connectivity index (χ1n) is 5.87. The molecule has 0 fully saturated rings. The number of aromatic nitrogens is 2. The lowest BCUT2D eigenvalue weighted by atomic mass is 10.2. The molecule has 0 saturated carbocycles. The van der Waals surface area contributed by atoms with Crippen molar-refractivity contribution in [1.82, 2.24) is 15.1 Å².